The predicted molar refractivity (Wildman–Crippen MR) is 74.6 cm³/mol. The molecule has 1 saturated heterocycles. The van der Waals surface area contributed by atoms with Crippen molar-refractivity contribution in [2.75, 3.05) is 6.54 Å². The lowest BCUT2D eigenvalue weighted by Crippen LogP contribution is -2.53. The average Bonchev–Trinajstić information content (AvgIpc) is 2.44. The number of hydrogen-bond acceptors (Lipinski definition) is 4. The largest absolute Gasteiger partial charge is 0.334 e. The molecule has 1 fully saturated rings. The lowest BCUT2D eigenvalue weighted by Gasteiger charge is -2.37. The van der Waals surface area contributed by atoms with Crippen LogP contribution in [0.5, 0.6) is 0 Å². The first kappa shape index (κ1) is 14.5. The summed E-state index contributed by atoms with van der Waals surface area (Å²) >= 11 is 0. The Kier molecular flexibility index (Phi) is 4.08. The van der Waals surface area contributed by atoms with Crippen LogP contribution in [0.4, 0.5) is 0 Å². The highest BCUT2D eigenvalue weighted by molar-refractivity contribution is 5.93. The number of aromatic nitrogens is 2. The number of nitrogens with zero attached hydrogens (tertiary/aromatic N) is 2. The summed E-state index contributed by atoms with van der Waals surface area (Å²) in [6, 6.07) is -0.209. The number of aromatic amines is 1. The Balaban J connectivity index is 2.38. The van der Waals surface area contributed by atoms with Crippen LogP contribution in [-0.4, -0.2) is 39.0 Å². The van der Waals surface area contributed by atoms with Crippen LogP contribution in [0.25, 0.3) is 0 Å². The third-order valence-electron chi connectivity index (χ3n) is 3.83. The van der Waals surface area contributed by atoms with Gasteiger partial charge in [-0.3, -0.25) is 14.2 Å². The normalized spacial score (nSPS) is 20.8. The molecule has 0 aliphatic carbocycles. The number of H-pyrrole nitrogens is 1. The average molecular weight is 280 g/mol. The molecule has 0 bridgehead atoms. The van der Waals surface area contributed by atoms with Crippen molar-refractivity contribution in [2.45, 2.75) is 38.3 Å². The molecule has 110 valence electrons. The van der Waals surface area contributed by atoms with E-state index in [1.54, 1.807) is 4.90 Å². The van der Waals surface area contributed by atoms with Gasteiger partial charge >= 0.3 is 5.69 Å². The van der Waals surface area contributed by atoms with Crippen molar-refractivity contribution in [1.29, 1.82) is 0 Å². The first-order valence-electron chi connectivity index (χ1n) is 6.78. The van der Waals surface area contributed by atoms with E-state index in [0.29, 0.717) is 6.54 Å². The summed E-state index contributed by atoms with van der Waals surface area (Å²) in [4.78, 5) is 39.9. The number of carbonyl (C=O) groups excluding carboxylic acids is 1. The molecular weight excluding hydrogens is 260 g/mol. The van der Waals surface area contributed by atoms with Gasteiger partial charge in [-0.25, -0.2) is 4.79 Å². The number of hydrogen-bond donors (Lipinski definition) is 2. The van der Waals surface area contributed by atoms with Crippen LogP contribution in [0, 0.1) is 0 Å². The topological polar surface area (TPSA) is 101 Å². The molecule has 0 aromatic carbocycles. The summed E-state index contributed by atoms with van der Waals surface area (Å²) in [7, 11) is 1.34. The lowest BCUT2D eigenvalue weighted by molar-refractivity contribution is 0.0580. The van der Waals surface area contributed by atoms with Crippen LogP contribution in [0.15, 0.2) is 15.8 Å². The van der Waals surface area contributed by atoms with Crippen LogP contribution < -0.4 is 17.0 Å². The zero-order chi connectivity index (χ0) is 14.9. The highest BCUT2D eigenvalue weighted by Crippen LogP contribution is 2.20. The minimum atomic E-state index is -0.576. The second kappa shape index (κ2) is 5.62. The maximum absolute atomic E-state index is 12.5. The smallest absolute Gasteiger partial charge is 0.328 e. The Hall–Kier alpha value is -1.89. The van der Waals surface area contributed by atoms with E-state index in [-0.39, 0.29) is 23.6 Å². The van der Waals surface area contributed by atoms with Gasteiger partial charge in [0.25, 0.3) is 11.5 Å². The number of nitrogens with two attached hydrogens (primary N) is 1. The molecule has 3 N–H and O–H groups in total. The quantitative estimate of drug-likeness (QED) is 0.756. The number of carbonyl (C=O) groups is 1. The van der Waals surface area contributed by atoms with E-state index in [0.717, 1.165) is 23.8 Å². The van der Waals surface area contributed by atoms with E-state index < -0.39 is 11.2 Å². The van der Waals surface area contributed by atoms with Crippen LogP contribution in [0.3, 0.4) is 0 Å². The molecule has 0 saturated carbocycles. The van der Waals surface area contributed by atoms with Crippen molar-refractivity contribution in [3.8, 4) is 0 Å². The summed E-state index contributed by atoms with van der Waals surface area (Å²) in [6.45, 7) is 2.45. The van der Waals surface area contributed by atoms with Gasteiger partial charge in [-0.1, -0.05) is 0 Å². The Morgan fingerprint density at radius 3 is 2.80 bits per heavy atom. The minimum absolute atomic E-state index is 0.0142. The number of piperidine rings is 1. The number of rotatable bonds is 2. The van der Waals surface area contributed by atoms with Gasteiger partial charge in [0.15, 0.2) is 0 Å². The van der Waals surface area contributed by atoms with Crippen molar-refractivity contribution in [3.63, 3.8) is 0 Å². The number of nitrogens with one attached hydrogen (secondary N) is 1. The zero-order valence-corrected chi connectivity index (χ0v) is 11.8. The summed E-state index contributed by atoms with van der Waals surface area (Å²) < 4.78 is 0.901. The molecule has 1 aliphatic rings. The summed E-state index contributed by atoms with van der Waals surface area (Å²) in [5.74, 6) is -0.358. The first-order chi connectivity index (χ1) is 9.43. The molecule has 1 aromatic heterocycles. The highest BCUT2D eigenvalue weighted by Gasteiger charge is 2.31. The van der Waals surface area contributed by atoms with Gasteiger partial charge in [0, 0.05) is 31.9 Å². The molecule has 1 aliphatic heterocycles. The fourth-order valence-corrected chi connectivity index (χ4v) is 2.63. The van der Waals surface area contributed by atoms with Crippen LogP contribution in [0.1, 0.15) is 36.5 Å². The molecule has 0 radical (unpaired) electrons. The first-order valence-corrected chi connectivity index (χ1v) is 6.78. The Labute approximate surface area is 116 Å². The number of likely N-dealkylation sites (tertiary alicyclic amines) is 1. The highest BCUT2D eigenvalue weighted by atomic mass is 16.2. The maximum Gasteiger partial charge on any atom is 0.328 e. The van der Waals surface area contributed by atoms with E-state index in [2.05, 4.69) is 4.98 Å². The molecule has 2 atom stereocenters. The fourth-order valence-electron chi connectivity index (χ4n) is 2.63. The lowest BCUT2D eigenvalue weighted by atomic mass is 9.96. The third-order valence-corrected chi connectivity index (χ3v) is 3.83. The molecule has 0 spiro atoms. The second-order valence-electron chi connectivity index (χ2n) is 5.29. The zero-order valence-electron chi connectivity index (χ0n) is 11.8. The van der Waals surface area contributed by atoms with E-state index >= 15 is 0 Å². The second-order valence-corrected chi connectivity index (χ2v) is 5.29. The Morgan fingerprint density at radius 1 is 1.45 bits per heavy atom. The van der Waals surface area contributed by atoms with Gasteiger partial charge in [-0.05, 0) is 26.2 Å². The predicted octanol–water partition coefficient (Wildman–Crippen LogP) is -0.584. The minimum Gasteiger partial charge on any atom is -0.334 e. The van der Waals surface area contributed by atoms with Crippen LogP contribution in [0.2, 0.25) is 0 Å². The van der Waals surface area contributed by atoms with E-state index in [1.807, 2.05) is 6.92 Å². The Bertz CT molecular complexity index is 617. The van der Waals surface area contributed by atoms with Gasteiger partial charge in [-0.2, -0.15) is 0 Å². The summed E-state index contributed by atoms with van der Waals surface area (Å²) in [5, 5.41) is 0. The molecule has 7 nitrogen and oxygen atoms in total. The van der Waals surface area contributed by atoms with E-state index in [9.17, 15) is 14.4 Å². The molecule has 2 rings (SSSR count). The van der Waals surface area contributed by atoms with Crippen molar-refractivity contribution in [3.05, 3.63) is 32.6 Å². The summed E-state index contributed by atoms with van der Waals surface area (Å²) in [5.41, 5.74) is 4.81. The molecule has 2 heterocycles. The van der Waals surface area contributed by atoms with Crippen LogP contribution in [-0.2, 0) is 7.05 Å². The van der Waals surface area contributed by atoms with Gasteiger partial charge in [0.1, 0.15) is 5.56 Å². The standard InChI is InChI=1S/C13H20N4O3/c1-8(14)10-5-3-4-6-17(10)12(19)9-7-15-13(20)16(2)11(9)18/h7-8,10H,3-6,14H2,1-2H3,(H,15,20). The molecule has 7 heteroatoms. The third kappa shape index (κ3) is 2.53. The molecule has 1 amide bonds. The summed E-state index contributed by atoms with van der Waals surface area (Å²) in [6.07, 6.45) is 3.96. The van der Waals surface area contributed by atoms with Gasteiger partial charge < -0.3 is 15.6 Å². The Morgan fingerprint density at radius 2 is 2.15 bits per heavy atom. The fraction of sp³-hybridized carbons (Fsp3) is 0.615. The molecule has 1 aromatic rings. The van der Waals surface area contributed by atoms with Crippen molar-refractivity contribution in [2.24, 2.45) is 12.8 Å². The molecule has 2 unspecified atom stereocenters. The van der Waals surface area contributed by atoms with E-state index in [1.165, 1.54) is 13.2 Å². The van der Waals surface area contributed by atoms with Gasteiger partial charge in [-0.15, -0.1) is 0 Å². The SMILES string of the molecule is CC(N)C1CCCCN1C(=O)c1c[nH]c(=O)n(C)c1=O. The van der Waals surface area contributed by atoms with Crippen LogP contribution >= 0.6 is 0 Å². The van der Waals surface area contributed by atoms with Gasteiger partial charge in [0.2, 0.25) is 0 Å². The van der Waals surface area contributed by atoms with Crippen molar-refractivity contribution in [1.82, 2.24) is 14.5 Å². The number of amides is 1. The molecular formula is C13H20N4O3. The van der Waals surface area contributed by atoms with Crippen molar-refractivity contribution >= 4 is 5.91 Å². The van der Waals surface area contributed by atoms with E-state index in [4.69, 9.17) is 5.73 Å². The van der Waals surface area contributed by atoms with Crippen molar-refractivity contribution < 1.29 is 4.79 Å². The monoisotopic (exact) mass is 280 g/mol. The molecule has 20 heavy (non-hydrogen) atoms. The maximum atomic E-state index is 12.5. The van der Waals surface area contributed by atoms with Gasteiger partial charge in [0.05, 0.1) is 0 Å².